The van der Waals surface area contributed by atoms with Gasteiger partial charge in [0.1, 0.15) is 22.9 Å². The first-order valence-electron chi connectivity index (χ1n) is 12.8. The van der Waals surface area contributed by atoms with Crippen molar-refractivity contribution in [1.82, 2.24) is 0 Å². The summed E-state index contributed by atoms with van der Waals surface area (Å²) in [6, 6.07) is 4.22. The van der Waals surface area contributed by atoms with Crippen LogP contribution in [0.15, 0.2) is 12.1 Å². The molecule has 0 saturated heterocycles. The Morgan fingerprint density at radius 1 is 1.19 bits per heavy atom. The molecule has 0 aromatic heterocycles. The van der Waals surface area contributed by atoms with Crippen molar-refractivity contribution < 1.29 is 19.1 Å². The zero-order chi connectivity index (χ0) is 23.5. The molecule has 4 unspecified atom stereocenters. The second-order valence-electron chi connectivity index (χ2n) is 10.6. The van der Waals surface area contributed by atoms with E-state index in [0.29, 0.717) is 42.6 Å². The van der Waals surface area contributed by atoms with Gasteiger partial charge in [0.25, 0.3) is 0 Å². The van der Waals surface area contributed by atoms with Gasteiger partial charge < -0.3 is 9.47 Å². The number of fused-ring (bicyclic) bond motifs is 3. The van der Waals surface area contributed by atoms with Crippen LogP contribution >= 0.6 is 0 Å². The average molecular weight is 443 g/mol. The van der Waals surface area contributed by atoms with Gasteiger partial charge in [-0.05, 0) is 56.2 Å². The molecule has 4 nitrogen and oxygen atoms in total. The van der Waals surface area contributed by atoms with E-state index in [0.717, 1.165) is 29.7 Å². The number of carbonyl (C=O) groups is 2. The van der Waals surface area contributed by atoms with E-state index < -0.39 is 0 Å². The molecule has 32 heavy (non-hydrogen) atoms. The molecule has 1 aliphatic carbocycles. The van der Waals surface area contributed by atoms with Crippen LogP contribution in [0.3, 0.4) is 0 Å². The van der Waals surface area contributed by atoms with Crippen molar-refractivity contribution in [3.63, 3.8) is 0 Å². The van der Waals surface area contributed by atoms with Gasteiger partial charge in [0.2, 0.25) is 0 Å². The minimum absolute atomic E-state index is 0.0470. The smallest absolute Gasteiger partial charge is 0.311 e. The highest BCUT2D eigenvalue weighted by Crippen LogP contribution is 2.54. The number of ether oxygens (including phenoxy) is 2. The van der Waals surface area contributed by atoms with E-state index in [1.165, 1.54) is 25.7 Å². The molecule has 1 fully saturated rings. The van der Waals surface area contributed by atoms with E-state index in [1.807, 2.05) is 6.92 Å². The van der Waals surface area contributed by atoms with Crippen molar-refractivity contribution in [2.75, 3.05) is 0 Å². The summed E-state index contributed by atoms with van der Waals surface area (Å²) in [6.45, 7) is 13.1. The van der Waals surface area contributed by atoms with Crippen LogP contribution in [0.1, 0.15) is 122 Å². The van der Waals surface area contributed by atoms with Gasteiger partial charge in [-0.15, -0.1) is 0 Å². The Kier molecular flexibility index (Phi) is 8.06. The Hall–Kier alpha value is -1.84. The lowest BCUT2D eigenvalue weighted by Gasteiger charge is -2.47. The Labute approximate surface area is 194 Å². The summed E-state index contributed by atoms with van der Waals surface area (Å²) in [5.41, 5.74) is 1.74. The van der Waals surface area contributed by atoms with Crippen molar-refractivity contribution in [2.24, 2.45) is 11.8 Å². The molecule has 3 rings (SSSR count). The Bertz CT molecular complexity index is 825. The maximum atomic E-state index is 12.5. The lowest BCUT2D eigenvalue weighted by atomic mass is 9.66. The van der Waals surface area contributed by atoms with Crippen LogP contribution in [0, 0.1) is 11.8 Å². The van der Waals surface area contributed by atoms with Crippen LogP contribution in [-0.2, 0) is 9.59 Å². The first kappa shape index (κ1) is 24.8. The number of unbranched alkanes of at least 4 members (excludes halogenated alkanes) is 2. The standard InChI is InChI=1S/C28H42O4/c1-7-9-10-12-18(3)19(4)20-15-24(31-26(30)11-8-2)27-22-17-21(29)13-14-23(22)28(5,6)32-25(27)16-20/h15-16,18-19,22-23H,7-14,17H2,1-6H3. The number of hydrogen-bond acceptors (Lipinski definition) is 4. The van der Waals surface area contributed by atoms with Crippen molar-refractivity contribution in [3.8, 4) is 11.5 Å². The normalized spacial score (nSPS) is 23.5. The summed E-state index contributed by atoms with van der Waals surface area (Å²) in [5.74, 6) is 2.65. The quantitative estimate of drug-likeness (QED) is 0.228. The fourth-order valence-corrected chi connectivity index (χ4v) is 5.59. The molecule has 4 atom stereocenters. The van der Waals surface area contributed by atoms with E-state index in [9.17, 15) is 9.59 Å². The van der Waals surface area contributed by atoms with Crippen molar-refractivity contribution in [3.05, 3.63) is 23.3 Å². The SMILES string of the molecule is CCCCCC(C)C(C)c1cc(OC(=O)CCC)c2c(c1)OC(C)(C)C1CCC(=O)CC21. The van der Waals surface area contributed by atoms with Crippen molar-refractivity contribution in [2.45, 2.75) is 117 Å². The molecule has 0 amide bonds. The fourth-order valence-electron chi connectivity index (χ4n) is 5.59. The molecule has 1 heterocycles. The van der Waals surface area contributed by atoms with Crippen LogP contribution in [0.25, 0.3) is 0 Å². The number of carbonyl (C=O) groups excluding carboxylic acids is 2. The second kappa shape index (κ2) is 10.4. The van der Waals surface area contributed by atoms with Gasteiger partial charge >= 0.3 is 5.97 Å². The summed E-state index contributed by atoms with van der Waals surface area (Å²) in [7, 11) is 0. The molecule has 1 aromatic rings. The number of rotatable bonds is 9. The summed E-state index contributed by atoms with van der Waals surface area (Å²) >= 11 is 0. The highest BCUT2D eigenvalue weighted by atomic mass is 16.5. The largest absolute Gasteiger partial charge is 0.487 e. The van der Waals surface area contributed by atoms with Crippen LogP contribution < -0.4 is 9.47 Å². The van der Waals surface area contributed by atoms with Gasteiger partial charge in [0.15, 0.2) is 0 Å². The number of ketones is 1. The lowest BCUT2D eigenvalue weighted by molar-refractivity contribution is -0.134. The Balaban J connectivity index is 2.02. The van der Waals surface area contributed by atoms with Crippen molar-refractivity contribution in [1.29, 1.82) is 0 Å². The predicted molar refractivity (Wildman–Crippen MR) is 129 cm³/mol. The van der Waals surface area contributed by atoms with Crippen molar-refractivity contribution >= 4 is 11.8 Å². The van der Waals surface area contributed by atoms with E-state index in [2.05, 4.69) is 46.8 Å². The van der Waals surface area contributed by atoms with Gasteiger partial charge in [-0.25, -0.2) is 0 Å². The molecule has 178 valence electrons. The molecule has 0 N–H and O–H groups in total. The van der Waals surface area contributed by atoms with Gasteiger partial charge in [-0.3, -0.25) is 9.59 Å². The first-order valence-corrected chi connectivity index (χ1v) is 12.8. The Morgan fingerprint density at radius 2 is 1.94 bits per heavy atom. The average Bonchev–Trinajstić information content (AvgIpc) is 2.72. The third-order valence-corrected chi connectivity index (χ3v) is 7.75. The third kappa shape index (κ3) is 5.38. The Morgan fingerprint density at radius 3 is 2.62 bits per heavy atom. The predicted octanol–water partition coefficient (Wildman–Crippen LogP) is 7.34. The van der Waals surface area contributed by atoms with Crippen LogP contribution in [-0.4, -0.2) is 17.4 Å². The molecule has 2 aliphatic rings. The topological polar surface area (TPSA) is 52.6 Å². The number of esters is 1. The first-order chi connectivity index (χ1) is 15.2. The summed E-state index contributed by atoms with van der Waals surface area (Å²) in [4.78, 5) is 24.9. The highest BCUT2D eigenvalue weighted by molar-refractivity contribution is 5.81. The molecular formula is C28H42O4. The summed E-state index contributed by atoms with van der Waals surface area (Å²) < 4.78 is 12.5. The lowest BCUT2D eigenvalue weighted by Crippen LogP contribution is -2.47. The minimum Gasteiger partial charge on any atom is -0.487 e. The van der Waals surface area contributed by atoms with E-state index in [4.69, 9.17) is 9.47 Å². The third-order valence-electron chi connectivity index (χ3n) is 7.75. The fraction of sp³-hybridized carbons (Fsp3) is 0.714. The number of hydrogen-bond donors (Lipinski definition) is 0. The minimum atomic E-state index is -0.350. The van der Waals surface area contributed by atoms with Crippen LogP contribution in [0.2, 0.25) is 0 Å². The summed E-state index contributed by atoms with van der Waals surface area (Å²) in [6.07, 6.45) is 7.98. The molecule has 1 aliphatic heterocycles. The number of Topliss-reactive ketones (excluding diaryl/α,β-unsaturated/α-hetero) is 1. The highest BCUT2D eigenvalue weighted by Gasteiger charge is 2.48. The maximum Gasteiger partial charge on any atom is 0.311 e. The maximum absolute atomic E-state index is 12.5. The number of benzene rings is 1. The van der Waals surface area contributed by atoms with Gasteiger partial charge in [0, 0.05) is 36.7 Å². The molecule has 0 spiro atoms. The molecule has 0 bridgehead atoms. The zero-order valence-corrected chi connectivity index (χ0v) is 21.0. The van der Waals surface area contributed by atoms with Crippen LogP contribution in [0.4, 0.5) is 0 Å². The van der Waals surface area contributed by atoms with Gasteiger partial charge in [-0.1, -0.05) is 53.4 Å². The van der Waals surface area contributed by atoms with E-state index in [-0.39, 0.29) is 23.4 Å². The zero-order valence-electron chi connectivity index (χ0n) is 21.0. The van der Waals surface area contributed by atoms with E-state index in [1.54, 1.807) is 0 Å². The van der Waals surface area contributed by atoms with Gasteiger partial charge in [0.05, 0.1) is 0 Å². The second-order valence-corrected chi connectivity index (χ2v) is 10.6. The van der Waals surface area contributed by atoms with Gasteiger partial charge in [-0.2, -0.15) is 0 Å². The molecule has 1 saturated carbocycles. The molecule has 1 aromatic carbocycles. The molecule has 4 heteroatoms. The van der Waals surface area contributed by atoms with Crippen LogP contribution in [0.5, 0.6) is 11.5 Å². The molecule has 0 radical (unpaired) electrons. The summed E-state index contributed by atoms with van der Waals surface area (Å²) in [5, 5.41) is 0. The molecular weight excluding hydrogens is 400 g/mol. The monoisotopic (exact) mass is 442 g/mol. The van der Waals surface area contributed by atoms with E-state index >= 15 is 0 Å².